The third kappa shape index (κ3) is 2.70. The summed E-state index contributed by atoms with van der Waals surface area (Å²) in [7, 11) is -3.37. The van der Waals surface area contributed by atoms with E-state index in [0.717, 1.165) is 18.4 Å². The first-order chi connectivity index (χ1) is 8.84. The third-order valence-electron chi connectivity index (χ3n) is 4.01. The van der Waals surface area contributed by atoms with Gasteiger partial charge in [0.1, 0.15) is 0 Å². The fourth-order valence-electron chi connectivity index (χ4n) is 2.87. The summed E-state index contributed by atoms with van der Waals surface area (Å²) in [5.74, 6) is 0.352. The van der Waals surface area contributed by atoms with Gasteiger partial charge in [-0.3, -0.25) is 0 Å². The SMILES string of the molecule is Cc1ccc(S(=O)(=O)N2C(C(C)C)CC[C@H]2C)cc1. The van der Waals surface area contributed by atoms with E-state index in [1.54, 1.807) is 16.4 Å². The normalized spacial score (nSPS) is 25.1. The zero-order chi connectivity index (χ0) is 14.2. The summed E-state index contributed by atoms with van der Waals surface area (Å²) in [6, 6.07) is 7.37. The van der Waals surface area contributed by atoms with Crippen LogP contribution < -0.4 is 0 Å². The van der Waals surface area contributed by atoms with Gasteiger partial charge in [-0.05, 0) is 44.7 Å². The standard InChI is InChI=1S/C15H23NO2S/c1-11(2)15-10-7-13(4)16(15)19(17,18)14-8-5-12(3)6-9-14/h5-6,8-9,11,13,15H,7,10H2,1-4H3/t13-,15?/m1/s1. The number of nitrogens with zero attached hydrogens (tertiary/aromatic N) is 1. The first-order valence-corrected chi connectivity index (χ1v) is 8.38. The Labute approximate surface area is 116 Å². The van der Waals surface area contributed by atoms with Crippen molar-refractivity contribution in [3.63, 3.8) is 0 Å². The van der Waals surface area contributed by atoms with Crippen LogP contribution in [0, 0.1) is 12.8 Å². The van der Waals surface area contributed by atoms with Crippen LogP contribution in [0.25, 0.3) is 0 Å². The summed E-state index contributed by atoms with van der Waals surface area (Å²) in [5.41, 5.74) is 1.08. The molecule has 1 saturated heterocycles. The van der Waals surface area contributed by atoms with Gasteiger partial charge in [0.25, 0.3) is 0 Å². The fraction of sp³-hybridized carbons (Fsp3) is 0.600. The van der Waals surface area contributed by atoms with Crippen molar-refractivity contribution in [1.82, 2.24) is 4.31 Å². The minimum Gasteiger partial charge on any atom is -0.207 e. The van der Waals surface area contributed by atoms with Gasteiger partial charge < -0.3 is 0 Å². The van der Waals surface area contributed by atoms with E-state index in [4.69, 9.17) is 0 Å². The molecule has 3 nitrogen and oxygen atoms in total. The first-order valence-electron chi connectivity index (χ1n) is 6.94. The van der Waals surface area contributed by atoms with Gasteiger partial charge in [-0.2, -0.15) is 4.31 Å². The average molecular weight is 281 g/mol. The monoisotopic (exact) mass is 281 g/mol. The number of sulfonamides is 1. The number of hydrogen-bond donors (Lipinski definition) is 0. The lowest BCUT2D eigenvalue weighted by molar-refractivity contribution is 0.279. The van der Waals surface area contributed by atoms with Crippen molar-refractivity contribution in [2.45, 2.75) is 57.5 Å². The molecule has 2 atom stereocenters. The number of hydrogen-bond acceptors (Lipinski definition) is 2. The van der Waals surface area contributed by atoms with E-state index in [0.29, 0.717) is 10.8 Å². The van der Waals surface area contributed by atoms with Crippen LogP contribution in [0.4, 0.5) is 0 Å². The van der Waals surface area contributed by atoms with Gasteiger partial charge >= 0.3 is 0 Å². The van der Waals surface area contributed by atoms with Gasteiger partial charge in [0.2, 0.25) is 10.0 Å². The van der Waals surface area contributed by atoms with Crippen molar-refractivity contribution in [2.24, 2.45) is 5.92 Å². The lowest BCUT2D eigenvalue weighted by atomic mass is 10.0. The predicted molar refractivity (Wildman–Crippen MR) is 77.5 cm³/mol. The Morgan fingerprint density at radius 3 is 2.26 bits per heavy atom. The topological polar surface area (TPSA) is 37.4 Å². The van der Waals surface area contributed by atoms with Crippen LogP contribution in [0.3, 0.4) is 0 Å². The molecule has 0 aliphatic carbocycles. The van der Waals surface area contributed by atoms with E-state index < -0.39 is 10.0 Å². The van der Waals surface area contributed by atoms with Gasteiger partial charge in [0.05, 0.1) is 4.90 Å². The van der Waals surface area contributed by atoms with Crippen molar-refractivity contribution in [1.29, 1.82) is 0 Å². The minimum absolute atomic E-state index is 0.0960. The van der Waals surface area contributed by atoms with E-state index in [2.05, 4.69) is 13.8 Å². The lowest BCUT2D eigenvalue weighted by Gasteiger charge is -2.30. The molecule has 1 aromatic carbocycles. The second kappa shape index (κ2) is 5.25. The molecule has 0 aromatic heterocycles. The van der Waals surface area contributed by atoms with Gasteiger partial charge in [0, 0.05) is 12.1 Å². The van der Waals surface area contributed by atoms with Crippen LogP contribution in [0.1, 0.15) is 39.2 Å². The van der Waals surface area contributed by atoms with Gasteiger partial charge in [0.15, 0.2) is 0 Å². The molecule has 1 aliphatic heterocycles. The van der Waals surface area contributed by atoms with Crippen molar-refractivity contribution in [3.8, 4) is 0 Å². The fourth-order valence-corrected chi connectivity index (χ4v) is 4.88. The third-order valence-corrected chi connectivity index (χ3v) is 6.06. The van der Waals surface area contributed by atoms with Crippen LogP contribution >= 0.6 is 0 Å². The molecule has 1 fully saturated rings. The van der Waals surface area contributed by atoms with Gasteiger partial charge in [-0.15, -0.1) is 0 Å². The van der Waals surface area contributed by atoms with E-state index in [1.807, 2.05) is 26.0 Å². The largest absolute Gasteiger partial charge is 0.243 e. The van der Waals surface area contributed by atoms with Gasteiger partial charge in [-0.25, -0.2) is 8.42 Å². The van der Waals surface area contributed by atoms with E-state index in [9.17, 15) is 8.42 Å². The second-order valence-electron chi connectivity index (χ2n) is 5.89. The molecule has 0 N–H and O–H groups in total. The van der Waals surface area contributed by atoms with Crippen LogP contribution in [-0.2, 0) is 10.0 Å². The smallest absolute Gasteiger partial charge is 0.207 e. The molecule has 4 heteroatoms. The van der Waals surface area contributed by atoms with Crippen molar-refractivity contribution >= 4 is 10.0 Å². The average Bonchev–Trinajstić information content (AvgIpc) is 2.72. The molecule has 2 rings (SSSR count). The summed E-state index contributed by atoms with van der Waals surface area (Å²) in [5, 5.41) is 0. The van der Waals surface area contributed by atoms with Crippen LogP contribution in [0.2, 0.25) is 0 Å². The Balaban J connectivity index is 2.40. The molecule has 106 valence electrons. The highest BCUT2D eigenvalue weighted by Crippen LogP contribution is 2.34. The highest BCUT2D eigenvalue weighted by molar-refractivity contribution is 7.89. The Morgan fingerprint density at radius 2 is 1.74 bits per heavy atom. The van der Waals surface area contributed by atoms with Crippen molar-refractivity contribution < 1.29 is 8.42 Å². The number of aryl methyl sites for hydroxylation is 1. The number of benzene rings is 1. The maximum atomic E-state index is 12.8. The minimum atomic E-state index is -3.37. The second-order valence-corrected chi connectivity index (χ2v) is 7.73. The molecule has 19 heavy (non-hydrogen) atoms. The zero-order valence-electron chi connectivity index (χ0n) is 12.1. The van der Waals surface area contributed by atoms with Crippen LogP contribution in [-0.4, -0.2) is 24.8 Å². The molecule has 0 saturated carbocycles. The molecule has 0 spiro atoms. The van der Waals surface area contributed by atoms with Crippen LogP contribution in [0.15, 0.2) is 29.2 Å². The first kappa shape index (κ1) is 14.5. The summed E-state index contributed by atoms with van der Waals surface area (Å²) < 4.78 is 27.3. The molecule has 1 heterocycles. The van der Waals surface area contributed by atoms with E-state index >= 15 is 0 Å². The molecule has 0 amide bonds. The quantitative estimate of drug-likeness (QED) is 0.853. The van der Waals surface area contributed by atoms with E-state index in [-0.39, 0.29) is 12.1 Å². The van der Waals surface area contributed by atoms with Crippen molar-refractivity contribution in [3.05, 3.63) is 29.8 Å². The summed E-state index contributed by atoms with van der Waals surface area (Å²) in [6.45, 7) is 8.17. The molecule has 0 radical (unpaired) electrons. The summed E-state index contributed by atoms with van der Waals surface area (Å²) in [6.07, 6.45) is 1.91. The molecule has 1 aliphatic rings. The molecule has 1 unspecified atom stereocenters. The van der Waals surface area contributed by atoms with Crippen LogP contribution in [0.5, 0.6) is 0 Å². The summed E-state index contributed by atoms with van der Waals surface area (Å²) >= 11 is 0. The summed E-state index contributed by atoms with van der Waals surface area (Å²) in [4.78, 5) is 0.414. The maximum absolute atomic E-state index is 12.8. The highest BCUT2D eigenvalue weighted by atomic mass is 32.2. The van der Waals surface area contributed by atoms with Gasteiger partial charge in [-0.1, -0.05) is 31.5 Å². The maximum Gasteiger partial charge on any atom is 0.243 e. The molecule has 1 aromatic rings. The molecule has 0 bridgehead atoms. The Morgan fingerprint density at radius 1 is 1.16 bits per heavy atom. The molecular formula is C15H23NO2S. The highest BCUT2D eigenvalue weighted by Gasteiger charge is 2.41. The molecular weight excluding hydrogens is 258 g/mol. The number of rotatable bonds is 3. The Bertz CT molecular complexity index is 534. The van der Waals surface area contributed by atoms with E-state index in [1.165, 1.54) is 0 Å². The Hall–Kier alpha value is -0.870. The van der Waals surface area contributed by atoms with Crippen molar-refractivity contribution in [2.75, 3.05) is 0 Å². The zero-order valence-corrected chi connectivity index (χ0v) is 12.9. The predicted octanol–water partition coefficient (Wildman–Crippen LogP) is 3.19. The lowest BCUT2D eigenvalue weighted by Crippen LogP contribution is -2.42. The Kier molecular flexibility index (Phi) is 4.02.